The van der Waals surface area contributed by atoms with Crippen LogP contribution in [0.15, 0.2) is 30.3 Å². The molecule has 0 amide bonds. The molecule has 0 heterocycles. The minimum atomic E-state index is -0.0600. The summed E-state index contributed by atoms with van der Waals surface area (Å²) in [7, 11) is 0. The first kappa shape index (κ1) is 8.76. The first-order valence-corrected chi connectivity index (χ1v) is 5.06. The van der Waals surface area contributed by atoms with Gasteiger partial charge in [0.2, 0.25) is 0 Å². The van der Waals surface area contributed by atoms with Crippen molar-refractivity contribution in [1.29, 1.82) is 0 Å². The average Bonchev–Trinajstić information content (AvgIpc) is 2.16. The molecule has 1 aliphatic carbocycles. The molecule has 1 aromatic rings. The Morgan fingerprint density at radius 1 is 1.31 bits per heavy atom. The monoisotopic (exact) mass is 176 g/mol. The van der Waals surface area contributed by atoms with Crippen LogP contribution in [-0.4, -0.2) is 11.2 Å². The summed E-state index contributed by atoms with van der Waals surface area (Å²) in [5.41, 5.74) is 1.39. The van der Waals surface area contributed by atoms with E-state index in [1.807, 2.05) is 6.07 Å². The van der Waals surface area contributed by atoms with Gasteiger partial charge in [-0.2, -0.15) is 0 Å². The highest BCUT2D eigenvalue weighted by Crippen LogP contribution is 2.44. The second kappa shape index (κ2) is 3.51. The Morgan fingerprint density at radius 2 is 2.00 bits per heavy atom. The van der Waals surface area contributed by atoms with Crippen LogP contribution in [0, 0.1) is 5.92 Å². The fraction of sp³-hybridized carbons (Fsp3) is 0.500. The van der Waals surface area contributed by atoms with E-state index in [4.69, 9.17) is 0 Å². The number of aliphatic hydroxyl groups excluding tert-OH is 1. The third kappa shape index (κ3) is 1.49. The van der Waals surface area contributed by atoms with Gasteiger partial charge in [0.25, 0.3) is 0 Å². The largest absolute Gasteiger partial charge is 0.393 e. The van der Waals surface area contributed by atoms with Crippen molar-refractivity contribution in [2.24, 2.45) is 5.92 Å². The van der Waals surface area contributed by atoms with E-state index in [0.29, 0.717) is 11.8 Å². The van der Waals surface area contributed by atoms with Gasteiger partial charge in [-0.15, -0.1) is 0 Å². The van der Waals surface area contributed by atoms with Crippen LogP contribution in [0.2, 0.25) is 0 Å². The summed E-state index contributed by atoms with van der Waals surface area (Å²) >= 11 is 0. The van der Waals surface area contributed by atoms with Gasteiger partial charge in [0, 0.05) is 0 Å². The second-order valence-corrected chi connectivity index (χ2v) is 3.89. The topological polar surface area (TPSA) is 20.2 Å². The summed E-state index contributed by atoms with van der Waals surface area (Å²) < 4.78 is 0. The molecule has 0 aliphatic heterocycles. The Bertz CT molecular complexity index is 268. The van der Waals surface area contributed by atoms with Crippen molar-refractivity contribution in [3.63, 3.8) is 0 Å². The van der Waals surface area contributed by atoms with Crippen LogP contribution in [-0.2, 0) is 0 Å². The van der Waals surface area contributed by atoms with E-state index in [-0.39, 0.29) is 6.10 Å². The third-order valence-corrected chi connectivity index (χ3v) is 3.21. The Labute approximate surface area is 79.4 Å². The van der Waals surface area contributed by atoms with E-state index >= 15 is 0 Å². The fourth-order valence-electron chi connectivity index (χ4n) is 2.32. The first-order chi connectivity index (χ1) is 6.33. The zero-order chi connectivity index (χ0) is 9.26. The van der Waals surface area contributed by atoms with Gasteiger partial charge in [-0.25, -0.2) is 0 Å². The minimum Gasteiger partial charge on any atom is -0.393 e. The number of benzene rings is 1. The maximum absolute atomic E-state index is 9.54. The molecular weight excluding hydrogens is 160 g/mol. The van der Waals surface area contributed by atoms with Crippen LogP contribution in [0.3, 0.4) is 0 Å². The van der Waals surface area contributed by atoms with Crippen LogP contribution < -0.4 is 0 Å². The molecule has 1 nitrogen and oxygen atoms in total. The predicted octanol–water partition coefficient (Wildman–Crippen LogP) is 2.56. The van der Waals surface area contributed by atoms with Crippen molar-refractivity contribution in [2.75, 3.05) is 0 Å². The SMILES string of the molecule is CCC1C(O)CC1c1ccccc1. The van der Waals surface area contributed by atoms with Gasteiger partial charge < -0.3 is 5.11 Å². The van der Waals surface area contributed by atoms with E-state index in [1.165, 1.54) is 5.56 Å². The Kier molecular flexibility index (Phi) is 2.36. The quantitative estimate of drug-likeness (QED) is 0.734. The normalized spacial score (nSPS) is 32.6. The highest BCUT2D eigenvalue weighted by molar-refractivity contribution is 5.23. The van der Waals surface area contributed by atoms with Crippen LogP contribution >= 0.6 is 0 Å². The molecule has 0 bridgehead atoms. The maximum Gasteiger partial charge on any atom is 0.0580 e. The van der Waals surface area contributed by atoms with E-state index in [2.05, 4.69) is 31.2 Å². The maximum atomic E-state index is 9.54. The lowest BCUT2D eigenvalue weighted by Crippen LogP contribution is -2.38. The van der Waals surface area contributed by atoms with Crippen LogP contribution in [0.1, 0.15) is 31.2 Å². The zero-order valence-electron chi connectivity index (χ0n) is 7.98. The first-order valence-electron chi connectivity index (χ1n) is 5.06. The molecule has 0 saturated heterocycles. The molecule has 3 unspecified atom stereocenters. The summed E-state index contributed by atoms with van der Waals surface area (Å²) in [6.45, 7) is 2.16. The van der Waals surface area contributed by atoms with E-state index in [1.54, 1.807) is 0 Å². The molecule has 2 rings (SSSR count). The molecule has 0 radical (unpaired) electrons. The van der Waals surface area contributed by atoms with Crippen LogP contribution in [0.5, 0.6) is 0 Å². The third-order valence-electron chi connectivity index (χ3n) is 3.21. The number of aliphatic hydroxyl groups is 1. The van der Waals surface area contributed by atoms with Gasteiger partial charge in [-0.3, -0.25) is 0 Å². The van der Waals surface area contributed by atoms with E-state index in [0.717, 1.165) is 12.8 Å². The molecule has 1 aromatic carbocycles. The Hall–Kier alpha value is -0.820. The van der Waals surface area contributed by atoms with Gasteiger partial charge in [0.1, 0.15) is 0 Å². The van der Waals surface area contributed by atoms with Crippen molar-refractivity contribution >= 4 is 0 Å². The highest BCUT2D eigenvalue weighted by Gasteiger charge is 2.38. The molecule has 70 valence electrons. The van der Waals surface area contributed by atoms with Crippen molar-refractivity contribution < 1.29 is 5.11 Å². The molecule has 0 spiro atoms. The fourth-order valence-corrected chi connectivity index (χ4v) is 2.32. The van der Waals surface area contributed by atoms with Crippen LogP contribution in [0.4, 0.5) is 0 Å². The molecule has 1 heteroatoms. The van der Waals surface area contributed by atoms with Gasteiger partial charge in [0.05, 0.1) is 6.10 Å². The number of hydrogen-bond donors (Lipinski definition) is 1. The summed E-state index contributed by atoms with van der Waals surface area (Å²) in [4.78, 5) is 0. The Morgan fingerprint density at radius 3 is 2.54 bits per heavy atom. The van der Waals surface area contributed by atoms with Crippen LogP contribution in [0.25, 0.3) is 0 Å². The lowest BCUT2D eigenvalue weighted by molar-refractivity contribution is -0.000723. The van der Waals surface area contributed by atoms with E-state index < -0.39 is 0 Å². The molecule has 0 aromatic heterocycles. The molecule has 3 atom stereocenters. The van der Waals surface area contributed by atoms with Gasteiger partial charge >= 0.3 is 0 Å². The molecule has 1 saturated carbocycles. The predicted molar refractivity (Wildman–Crippen MR) is 53.6 cm³/mol. The van der Waals surface area contributed by atoms with E-state index in [9.17, 15) is 5.11 Å². The molecule has 13 heavy (non-hydrogen) atoms. The van der Waals surface area contributed by atoms with Crippen molar-refractivity contribution in [3.05, 3.63) is 35.9 Å². The van der Waals surface area contributed by atoms with Crippen molar-refractivity contribution in [2.45, 2.75) is 31.8 Å². The summed E-state index contributed by atoms with van der Waals surface area (Å²) in [5.74, 6) is 1.09. The van der Waals surface area contributed by atoms with Crippen molar-refractivity contribution in [1.82, 2.24) is 0 Å². The second-order valence-electron chi connectivity index (χ2n) is 3.89. The summed E-state index contributed by atoms with van der Waals surface area (Å²) in [5, 5.41) is 9.54. The average molecular weight is 176 g/mol. The molecule has 1 aliphatic rings. The summed E-state index contributed by atoms with van der Waals surface area (Å²) in [6, 6.07) is 10.5. The van der Waals surface area contributed by atoms with Crippen molar-refractivity contribution in [3.8, 4) is 0 Å². The number of rotatable bonds is 2. The summed E-state index contributed by atoms with van der Waals surface area (Å²) in [6.07, 6.45) is 1.97. The smallest absolute Gasteiger partial charge is 0.0580 e. The zero-order valence-corrected chi connectivity index (χ0v) is 7.98. The highest BCUT2D eigenvalue weighted by atomic mass is 16.3. The van der Waals surface area contributed by atoms with Gasteiger partial charge in [-0.1, -0.05) is 43.7 Å². The molecular formula is C12H16O. The lowest BCUT2D eigenvalue weighted by Gasteiger charge is -2.41. The minimum absolute atomic E-state index is 0.0600. The molecule has 1 fully saturated rings. The standard InChI is InChI=1S/C12H16O/c1-2-10-11(8-12(10)13)9-6-4-3-5-7-9/h3-7,10-13H,2,8H2,1H3. The lowest BCUT2D eigenvalue weighted by atomic mass is 9.66. The number of hydrogen-bond acceptors (Lipinski definition) is 1. The van der Waals surface area contributed by atoms with Gasteiger partial charge in [0.15, 0.2) is 0 Å². The van der Waals surface area contributed by atoms with Gasteiger partial charge in [-0.05, 0) is 23.8 Å². The Balaban J connectivity index is 2.12. The molecule has 1 N–H and O–H groups in total.